The largest absolute Gasteiger partial charge is 0.493 e. The molecule has 0 fully saturated rings. The maximum absolute atomic E-state index is 5.84. The van der Waals surface area contributed by atoms with Crippen LogP contribution in [0.5, 0.6) is 5.75 Å². The van der Waals surface area contributed by atoms with E-state index >= 15 is 0 Å². The minimum Gasteiger partial charge on any atom is -0.493 e. The van der Waals surface area contributed by atoms with Crippen molar-refractivity contribution >= 4 is 17.2 Å². The van der Waals surface area contributed by atoms with Crippen LogP contribution in [0.1, 0.15) is 6.92 Å². The van der Waals surface area contributed by atoms with Crippen LogP contribution in [0, 0.1) is 0 Å². The molecule has 6 heteroatoms. The van der Waals surface area contributed by atoms with E-state index in [1.165, 1.54) is 0 Å². The lowest BCUT2D eigenvalue weighted by atomic mass is 10.2. The number of rotatable bonds is 3. The van der Waals surface area contributed by atoms with Crippen LogP contribution in [0.2, 0.25) is 5.15 Å². The second-order valence-electron chi connectivity index (χ2n) is 3.89. The van der Waals surface area contributed by atoms with E-state index in [1.54, 1.807) is 16.8 Å². The average Bonchev–Trinajstić information content (AvgIpc) is 2.82. The van der Waals surface area contributed by atoms with Crippen molar-refractivity contribution in [1.29, 1.82) is 0 Å². The molecule has 3 aromatic rings. The van der Waals surface area contributed by atoms with E-state index < -0.39 is 0 Å². The molecular formula is C13H11ClN4O. The van der Waals surface area contributed by atoms with Crippen molar-refractivity contribution in [2.45, 2.75) is 6.92 Å². The Hall–Kier alpha value is -2.14. The summed E-state index contributed by atoms with van der Waals surface area (Å²) in [6.45, 7) is 2.54. The summed E-state index contributed by atoms with van der Waals surface area (Å²) >= 11 is 5.84. The molecule has 0 unspecified atom stereocenters. The van der Waals surface area contributed by atoms with Gasteiger partial charge in [0.25, 0.3) is 0 Å². The SMILES string of the molecule is CCOc1ccccc1-c1nnc2cc(Cl)ncn12. The highest BCUT2D eigenvalue weighted by molar-refractivity contribution is 6.29. The van der Waals surface area contributed by atoms with Crippen molar-refractivity contribution in [3.05, 3.63) is 41.8 Å². The number of para-hydroxylation sites is 1. The topological polar surface area (TPSA) is 52.3 Å². The Morgan fingerprint density at radius 2 is 2.11 bits per heavy atom. The molecule has 19 heavy (non-hydrogen) atoms. The Balaban J connectivity index is 2.19. The van der Waals surface area contributed by atoms with Crippen molar-refractivity contribution in [3.8, 4) is 17.1 Å². The molecule has 1 aromatic carbocycles. The number of halogens is 1. The van der Waals surface area contributed by atoms with E-state index in [9.17, 15) is 0 Å². The summed E-state index contributed by atoms with van der Waals surface area (Å²) < 4.78 is 7.39. The van der Waals surface area contributed by atoms with Crippen molar-refractivity contribution < 1.29 is 4.74 Å². The zero-order chi connectivity index (χ0) is 13.2. The standard InChI is InChI=1S/C13H11ClN4O/c1-2-19-10-6-4-3-5-9(10)13-17-16-12-7-11(14)15-8-18(12)13/h3-8H,2H2,1H3. The molecule has 2 heterocycles. The highest BCUT2D eigenvalue weighted by Crippen LogP contribution is 2.28. The van der Waals surface area contributed by atoms with Crippen LogP contribution >= 0.6 is 11.6 Å². The van der Waals surface area contributed by atoms with Gasteiger partial charge in [-0.3, -0.25) is 4.40 Å². The highest BCUT2D eigenvalue weighted by atomic mass is 35.5. The number of benzene rings is 1. The Labute approximate surface area is 114 Å². The van der Waals surface area contributed by atoms with E-state index in [1.807, 2.05) is 31.2 Å². The molecule has 0 N–H and O–H groups in total. The van der Waals surface area contributed by atoms with Crippen molar-refractivity contribution in [2.24, 2.45) is 0 Å². The molecule has 0 amide bonds. The van der Waals surface area contributed by atoms with Crippen LogP contribution in [-0.2, 0) is 0 Å². The summed E-state index contributed by atoms with van der Waals surface area (Å²) in [6.07, 6.45) is 1.61. The first kappa shape index (κ1) is 11.9. The van der Waals surface area contributed by atoms with E-state index in [0.717, 1.165) is 11.3 Å². The summed E-state index contributed by atoms with van der Waals surface area (Å²) in [6, 6.07) is 9.37. The fourth-order valence-electron chi connectivity index (χ4n) is 1.89. The molecule has 0 atom stereocenters. The van der Waals surface area contributed by atoms with Crippen LogP contribution in [0.15, 0.2) is 36.7 Å². The molecule has 0 aliphatic carbocycles. The highest BCUT2D eigenvalue weighted by Gasteiger charge is 2.13. The quantitative estimate of drug-likeness (QED) is 0.689. The van der Waals surface area contributed by atoms with Crippen LogP contribution in [-0.4, -0.2) is 26.2 Å². The normalized spacial score (nSPS) is 10.8. The van der Waals surface area contributed by atoms with Gasteiger partial charge in [-0.1, -0.05) is 23.7 Å². The number of fused-ring (bicyclic) bond motifs is 1. The second-order valence-corrected chi connectivity index (χ2v) is 4.28. The molecule has 5 nitrogen and oxygen atoms in total. The first-order chi connectivity index (χ1) is 9.29. The van der Waals surface area contributed by atoms with Crippen molar-refractivity contribution in [2.75, 3.05) is 6.61 Å². The lowest BCUT2D eigenvalue weighted by Crippen LogP contribution is -1.97. The third-order valence-corrected chi connectivity index (χ3v) is 2.90. The number of nitrogens with zero attached hydrogens (tertiary/aromatic N) is 4. The van der Waals surface area contributed by atoms with Gasteiger partial charge in [-0.2, -0.15) is 0 Å². The van der Waals surface area contributed by atoms with Crippen LogP contribution in [0.25, 0.3) is 17.0 Å². The molecule has 3 rings (SSSR count). The van der Waals surface area contributed by atoms with E-state index in [2.05, 4.69) is 15.2 Å². The first-order valence-corrected chi connectivity index (χ1v) is 6.26. The Bertz CT molecular complexity index is 725. The van der Waals surface area contributed by atoms with Crippen molar-refractivity contribution in [3.63, 3.8) is 0 Å². The van der Waals surface area contributed by atoms with Gasteiger partial charge >= 0.3 is 0 Å². The number of ether oxygens (including phenoxy) is 1. The fraction of sp³-hybridized carbons (Fsp3) is 0.154. The summed E-state index contributed by atoms with van der Waals surface area (Å²) in [7, 11) is 0. The zero-order valence-corrected chi connectivity index (χ0v) is 11.0. The predicted molar refractivity (Wildman–Crippen MR) is 72.4 cm³/mol. The summed E-state index contributed by atoms with van der Waals surface area (Å²) in [4.78, 5) is 4.05. The molecule has 0 saturated heterocycles. The predicted octanol–water partition coefficient (Wildman–Crippen LogP) is 2.84. The molecule has 0 aliphatic heterocycles. The third-order valence-electron chi connectivity index (χ3n) is 2.69. The van der Waals surface area contributed by atoms with Gasteiger partial charge in [-0.05, 0) is 19.1 Å². The Kier molecular flexibility index (Phi) is 3.05. The summed E-state index contributed by atoms with van der Waals surface area (Å²) in [5.41, 5.74) is 1.53. The van der Waals surface area contributed by atoms with E-state index in [4.69, 9.17) is 16.3 Å². The van der Waals surface area contributed by atoms with Gasteiger partial charge in [0.1, 0.15) is 17.2 Å². The summed E-state index contributed by atoms with van der Waals surface area (Å²) in [5, 5.41) is 8.67. The maximum Gasteiger partial charge on any atom is 0.173 e. The minimum absolute atomic E-state index is 0.393. The molecule has 2 aromatic heterocycles. The van der Waals surface area contributed by atoms with Crippen LogP contribution in [0.4, 0.5) is 0 Å². The van der Waals surface area contributed by atoms with Gasteiger partial charge in [0.05, 0.1) is 12.2 Å². The maximum atomic E-state index is 5.84. The number of hydrogen-bond donors (Lipinski definition) is 0. The third kappa shape index (κ3) is 2.13. The van der Waals surface area contributed by atoms with Gasteiger partial charge in [0.2, 0.25) is 0 Å². The lowest BCUT2D eigenvalue weighted by molar-refractivity contribution is 0.341. The average molecular weight is 275 g/mol. The van der Waals surface area contributed by atoms with E-state index in [-0.39, 0.29) is 0 Å². The van der Waals surface area contributed by atoms with Crippen LogP contribution < -0.4 is 4.74 Å². The van der Waals surface area contributed by atoms with Gasteiger partial charge in [-0.25, -0.2) is 4.98 Å². The van der Waals surface area contributed by atoms with Crippen molar-refractivity contribution in [1.82, 2.24) is 19.6 Å². The van der Waals surface area contributed by atoms with Gasteiger partial charge in [0.15, 0.2) is 11.5 Å². The second kappa shape index (κ2) is 4.85. The Morgan fingerprint density at radius 3 is 2.95 bits per heavy atom. The minimum atomic E-state index is 0.393. The van der Waals surface area contributed by atoms with Gasteiger partial charge in [0, 0.05) is 6.07 Å². The molecule has 0 bridgehead atoms. The fourth-order valence-corrected chi connectivity index (χ4v) is 2.03. The monoisotopic (exact) mass is 274 g/mol. The summed E-state index contributed by atoms with van der Waals surface area (Å²) in [5.74, 6) is 1.46. The molecule has 0 radical (unpaired) electrons. The Morgan fingerprint density at radius 1 is 1.26 bits per heavy atom. The number of aromatic nitrogens is 4. The van der Waals surface area contributed by atoms with E-state index in [0.29, 0.717) is 23.2 Å². The first-order valence-electron chi connectivity index (χ1n) is 5.88. The molecular weight excluding hydrogens is 264 g/mol. The number of hydrogen-bond acceptors (Lipinski definition) is 4. The molecule has 0 spiro atoms. The van der Waals surface area contributed by atoms with Crippen LogP contribution in [0.3, 0.4) is 0 Å². The zero-order valence-electron chi connectivity index (χ0n) is 10.2. The van der Waals surface area contributed by atoms with Gasteiger partial charge in [-0.15, -0.1) is 10.2 Å². The molecule has 96 valence electrons. The molecule has 0 aliphatic rings. The lowest BCUT2D eigenvalue weighted by Gasteiger charge is -2.08. The smallest absolute Gasteiger partial charge is 0.173 e. The van der Waals surface area contributed by atoms with Gasteiger partial charge < -0.3 is 4.74 Å². The molecule has 0 saturated carbocycles.